The van der Waals surface area contributed by atoms with Gasteiger partial charge in [-0.3, -0.25) is 5.43 Å². The minimum atomic E-state index is -4.29. The van der Waals surface area contributed by atoms with Crippen molar-refractivity contribution in [3.63, 3.8) is 0 Å². The van der Waals surface area contributed by atoms with Crippen molar-refractivity contribution in [1.82, 2.24) is 15.8 Å². The molecule has 1 aromatic carbocycles. The first-order chi connectivity index (χ1) is 11.5. The zero-order chi connectivity index (χ0) is 17.2. The first-order valence-corrected chi connectivity index (χ1v) is 8.55. The molecule has 3 rings (SSSR count). The Kier molecular flexibility index (Phi) is 7.10. The summed E-state index contributed by atoms with van der Waals surface area (Å²) in [6.45, 7) is 4.64. The Hall–Kier alpha value is -0.860. The Morgan fingerprint density at radius 3 is 2.32 bits per heavy atom. The van der Waals surface area contributed by atoms with Gasteiger partial charge in [0.1, 0.15) is 0 Å². The van der Waals surface area contributed by atoms with E-state index in [0.29, 0.717) is 11.8 Å². The van der Waals surface area contributed by atoms with Gasteiger partial charge in [-0.25, -0.2) is 5.43 Å². The monoisotopic (exact) mass is 378 g/mol. The highest BCUT2D eigenvalue weighted by Gasteiger charge is 2.33. The molecule has 0 amide bonds. The summed E-state index contributed by atoms with van der Waals surface area (Å²) in [5.41, 5.74) is 12.4. The number of benzene rings is 1. The predicted octanol–water partition coefficient (Wildman–Crippen LogP) is 2.56. The minimum absolute atomic E-state index is 0. The SMILES string of the molecule is Cl.NCC1CCN(CC2CNNC2c2ccc(C(F)(F)F)cc2)CC1. The lowest BCUT2D eigenvalue weighted by molar-refractivity contribution is -0.137. The lowest BCUT2D eigenvalue weighted by atomic mass is 9.91. The number of nitrogens with zero attached hydrogens (tertiary/aromatic N) is 1. The van der Waals surface area contributed by atoms with Crippen molar-refractivity contribution in [2.75, 3.05) is 32.7 Å². The van der Waals surface area contributed by atoms with Crippen molar-refractivity contribution >= 4 is 12.4 Å². The van der Waals surface area contributed by atoms with Crippen LogP contribution < -0.4 is 16.6 Å². The molecule has 0 radical (unpaired) electrons. The fraction of sp³-hybridized carbons (Fsp3) is 0.647. The smallest absolute Gasteiger partial charge is 0.330 e. The topological polar surface area (TPSA) is 53.3 Å². The molecule has 25 heavy (non-hydrogen) atoms. The molecule has 2 fully saturated rings. The van der Waals surface area contributed by atoms with Gasteiger partial charge in [0.2, 0.25) is 0 Å². The van der Waals surface area contributed by atoms with Gasteiger partial charge in [0, 0.05) is 19.0 Å². The fourth-order valence-corrected chi connectivity index (χ4v) is 3.68. The molecule has 4 nitrogen and oxygen atoms in total. The van der Waals surface area contributed by atoms with E-state index in [-0.39, 0.29) is 18.4 Å². The van der Waals surface area contributed by atoms with Gasteiger partial charge < -0.3 is 10.6 Å². The number of piperidine rings is 1. The molecule has 142 valence electrons. The van der Waals surface area contributed by atoms with Crippen molar-refractivity contribution in [3.05, 3.63) is 35.4 Å². The van der Waals surface area contributed by atoms with Gasteiger partial charge in [-0.1, -0.05) is 12.1 Å². The van der Waals surface area contributed by atoms with Crippen LogP contribution in [0.3, 0.4) is 0 Å². The van der Waals surface area contributed by atoms with Crippen molar-refractivity contribution in [3.8, 4) is 0 Å². The molecule has 0 bridgehead atoms. The van der Waals surface area contributed by atoms with Gasteiger partial charge in [-0.2, -0.15) is 13.2 Å². The summed E-state index contributed by atoms with van der Waals surface area (Å²) in [5, 5.41) is 0. The Balaban J connectivity index is 0.00000225. The number of nitrogens with one attached hydrogen (secondary N) is 2. The van der Waals surface area contributed by atoms with Crippen molar-refractivity contribution in [2.24, 2.45) is 17.6 Å². The number of hydrazine groups is 1. The normalized spacial score (nSPS) is 25.8. The standard InChI is InChI=1S/C17H25F3N4.ClH/c18-17(19,20)15-3-1-13(2-4-15)16-14(10-22-23-16)11-24-7-5-12(9-21)6-8-24;/h1-4,12,14,16,22-23H,5-11,21H2;1H. The van der Waals surface area contributed by atoms with E-state index in [1.807, 2.05) is 0 Å². The summed E-state index contributed by atoms with van der Waals surface area (Å²) < 4.78 is 38.1. The fourth-order valence-electron chi connectivity index (χ4n) is 3.68. The van der Waals surface area contributed by atoms with Crippen LogP contribution in [0.4, 0.5) is 13.2 Å². The molecule has 2 aliphatic heterocycles. The number of alkyl halides is 3. The van der Waals surface area contributed by atoms with E-state index < -0.39 is 11.7 Å². The summed E-state index contributed by atoms with van der Waals surface area (Å²) in [6, 6.07) is 5.54. The van der Waals surface area contributed by atoms with Crippen LogP contribution >= 0.6 is 12.4 Å². The van der Waals surface area contributed by atoms with Gasteiger partial charge in [0.05, 0.1) is 11.6 Å². The second kappa shape index (κ2) is 8.68. The molecule has 0 aromatic heterocycles. The van der Waals surface area contributed by atoms with Crippen LogP contribution in [0.2, 0.25) is 0 Å². The number of hydrogen-bond donors (Lipinski definition) is 3. The quantitative estimate of drug-likeness (QED) is 0.753. The molecule has 2 aliphatic rings. The van der Waals surface area contributed by atoms with Gasteiger partial charge >= 0.3 is 6.18 Å². The summed E-state index contributed by atoms with van der Waals surface area (Å²) >= 11 is 0. The number of rotatable bonds is 4. The van der Waals surface area contributed by atoms with Crippen LogP contribution in [0.1, 0.15) is 30.0 Å². The van der Waals surface area contributed by atoms with E-state index in [4.69, 9.17) is 5.73 Å². The Morgan fingerprint density at radius 2 is 1.76 bits per heavy atom. The average molecular weight is 379 g/mol. The van der Waals surface area contributed by atoms with E-state index in [1.165, 1.54) is 12.1 Å². The molecular formula is C17H26ClF3N4. The van der Waals surface area contributed by atoms with Crippen LogP contribution in [0.25, 0.3) is 0 Å². The van der Waals surface area contributed by atoms with Gasteiger partial charge in [0.25, 0.3) is 0 Å². The van der Waals surface area contributed by atoms with E-state index in [0.717, 1.165) is 51.1 Å². The number of halogens is 4. The van der Waals surface area contributed by atoms with E-state index in [1.54, 1.807) is 12.1 Å². The highest BCUT2D eigenvalue weighted by Crippen LogP contribution is 2.32. The lowest BCUT2D eigenvalue weighted by Gasteiger charge is -2.34. The number of hydrogen-bond acceptors (Lipinski definition) is 4. The molecule has 1 aromatic rings. The van der Waals surface area contributed by atoms with Crippen LogP contribution in [0.15, 0.2) is 24.3 Å². The van der Waals surface area contributed by atoms with Crippen LogP contribution in [0, 0.1) is 11.8 Å². The molecule has 8 heteroatoms. The first-order valence-electron chi connectivity index (χ1n) is 8.55. The molecule has 0 saturated carbocycles. The highest BCUT2D eigenvalue weighted by atomic mass is 35.5. The van der Waals surface area contributed by atoms with Gasteiger partial charge in [-0.15, -0.1) is 12.4 Å². The van der Waals surface area contributed by atoms with E-state index >= 15 is 0 Å². The Morgan fingerprint density at radius 1 is 1.12 bits per heavy atom. The largest absolute Gasteiger partial charge is 0.416 e. The third-order valence-electron chi connectivity index (χ3n) is 5.22. The highest BCUT2D eigenvalue weighted by molar-refractivity contribution is 5.85. The van der Waals surface area contributed by atoms with Crippen LogP contribution in [-0.2, 0) is 6.18 Å². The molecular weight excluding hydrogens is 353 g/mol. The van der Waals surface area contributed by atoms with E-state index in [9.17, 15) is 13.2 Å². The third-order valence-corrected chi connectivity index (χ3v) is 5.22. The molecule has 0 spiro atoms. The maximum Gasteiger partial charge on any atom is 0.416 e. The molecule has 0 aliphatic carbocycles. The summed E-state index contributed by atoms with van der Waals surface area (Å²) in [7, 11) is 0. The predicted molar refractivity (Wildman–Crippen MR) is 94.3 cm³/mol. The van der Waals surface area contributed by atoms with E-state index in [2.05, 4.69) is 15.8 Å². The third kappa shape index (κ3) is 5.08. The van der Waals surface area contributed by atoms with Crippen molar-refractivity contribution < 1.29 is 13.2 Å². The second-order valence-electron chi connectivity index (χ2n) is 6.86. The number of likely N-dealkylation sites (tertiary alicyclic amines) is 1. The lowest BCUT2D eigenvalue weighted by Crippen LogP contribution is -2.40. The Bertz CT molecular complexity index is 530. The molecule has 2 saturated heterocycles. The zero-order valence-corrected chi connectivity index (χ0v) is 14.9. The van der Waals surface area contributed by atoms with Crippen LogP contribution in [-0.4, -0.2) is 37.6 Å². The van der Waals surface area contributed by atoms with Crippen molar-refractivity contribution in [1.29, 1.82) is 0 Å². The van der Waals surface area contributed by atoms with Crippen LogP contribution in [0.5, 0.6) is 0 Å². The Labute approximate surface area is 152 Å². The summed E-state index contributed by atoms with van der Waals surface area (Å²) in [4.78, 5) is 2.45. The maximum atomic E-state index is 12.7. The number of nitrogens with two attached hydrogens (primary N) is 1. The maximum absolute atomic E-state index is 12.7. The molecule has 4 N–H and O–H groups in total. The molecule has 2 atom stereocenters. The molecule has 2 unspecified atom stereocenters. The average Bonchev–Trinajstić information content (AvgIpc) is 3.03. The summed E-state index contributed by atoms with van der Waals surface area (Å²) in [6.07, 6.45) is -2.02. The van der Waals surface area contributed by atoms with Crippen molar-refractivity contribution in [2.45, 2.75) is 25.1 Å². The first kappa shape index (κ1) is 20.5. The summed E-state index contributed by atoms with van der Waals surface area (Å²) in [5.74, 6) is 0.975. The zero-order valence-electron chi connectivity index (χ0n) is 14.1. The van der Waals surface area contributed by atoms with Gasteiger partial charge in [-0.05, 0) is 56.1 Å². The minimum Gasteiger partial charge on any atom is -0.330 e. The van der Waals surface area contributed by atoms with Gasteiger partial charge in [0.15, 0.2) is 0 Å². The molecule has 2 heterocycles. The second-order valence-corrected chi connectivity index (χ2v) is 6.86.